The highest BCUT2D eigenvalue weighted by atomic mass is 16.5. The fourth-order valence-electron chi connectivity index (χ4n) is 3.31. The lowest BCUT2D eigenvalue weighted by atomic mass is 9.99. The van der Waals surface area contributed by atoms with Gasteiger partial charge in [0.25, 0.3) is 6.47 Å². The molecule has 1 fully saturated rings. The second kappa shape index (κ2) is 11.2. The number of carbonyl (C=O) groups is 5. The first-order valence-corrected chi connectivity index (χ1v) is 10.3. The maximum absolute atomic E-state index is 12.7. The Morgan fingerprint density at radius 1 is 1.23 bits per heavy atom. The van der Waals surface area contributed by atoms with Gasteiger partial charge in [0.15, 0.2) is 5.78 Å². The van der Waals surface area contributed by atoms with Crippen LogP contribution in [0.1, 0.15) is 39.2 Å². The zero-order chi connectivity index (χ0) is 23.0. The van der Waals surface area contributed by atoms with Gasteiger partial charge in [-0.05, 0) is 23.6 Å². The molecule has 1 saturated heterocycles. The van der Waals surface area contributed by atoms with Crippen LogP contribution in [-0.4, -0.2) is 54.0 Å². The molecule has 0 aliphatic carbocycles. The molecule has 1 unspecified atom stereocenters. The number of amides is 3. The molecule has 9 heteroatoms. The number of likely N-dealkylation sites (tertiary alicyclic amines) is 1. The number of ketones is 1. The van der Waals surface area contributed by atoms with Crippen molar-refractivity contribution >= 4 is 35.7 Å². The standard InChI is InChI=1S/C22H29N3O6/c1-14(2)21(24-19(28)8-9-25-20(29)10-15(3)22(25)30)18(27)11-23-17-6-4-16(5-7-17)12-31-13-26/h4-7,13-15,21,23H,8-12H2,1-3H3,(H,24,28)/t15?,21-/m0/s1. The third-order valence-electron chi connectivity index (χ3n) is 5.10. The van der Waals surface area contributed by atoms with E-state index in [1.807, 2.05) is 13.8 Å². The molecule has 2 atom stereocenters. The van der Waals surface area contributed by atoms with E-state index >= 15 is 0 Å². The van der Waals surface area contributed by atoms with Crippen molar-refractivity contribution in [3.05, 3.63) is 29.8 Å². The van der Waals surface area contributed by atoms with E-state index < -0.39 is 6.04 Å². The van der Waals surface area contributed by atoms with Gasteiger partial charge >= 0.3 is 0 Å². The van der Waals surface area contributed by atoms with E-state index in [1.54, 1.807) is 31.2 Å². The minimum Gasteiger partial charge on any atom is -0.463 e. The van der Waals surface area contributed by atoms with Gasteiger partial charge in [0.1, 0.15) is 6.61 Å². The number of rotatable bonds is 12. The molecule has 31 heavy (non-hydrogen) atoms. The summed E-state index contributed by atoms with van der Waals surface area (Å²) in [5.74, 6) is -1.57. The molecule has 1 aromatic rings. The molecule has 1 heterocycles. The van der Waals surface area contributed by atoms with Crippen LogP contribution in [0.3, 0.4) is 0 Å². The van der Waals surface area contributed by atoms with Crippen molar-refractivity contribution < 1.29 is 28.7 Å². The maximum Gasteiger partial charge on any atom is 0.293 e. The minimum atomic E-state index is -0.691. The summed E-state index contributed by atoms with van der Waals surface area (Å²) in [6, 6.07) is 6.40. The molecule has 168 valence electrons. The SMILES string of the molecule is CC1CC(=O)N(CCC(=O)N[C@H](C(=O)CNc2ccc(COC=O)cc2)C(C)C)C1=O. The Morgan fingerprint density at radius 3 is 2.45 bits per heavy atom. The van der Waals surface area contributed by atoms with E-state index in [9.17, 15) is 24.0 Å². The summed E-state index contributed by atoms with van der Waals surface area (Å²) in [6.07, 6.45) is 0.128. The van der Waals surface area contributed by atoms with Crippen LogP contribution in [0.2, 0.25) is 0 Å². The number of nitrogens with zero attached hydrogens (tertiary/aromatic N) is 1. The first-order valence-electron chi connectivity index (χ1n) is 10.3. The summed E-state index contributed by atoms with van der Waals surface area (Å²) in [7, 11) is 0. The van der Waals surface area contributed by atoms with Crippen LogP contribution in [0.4, 0.5) is 5.69 Å². The van der Waals surface area contributed by atoms with Crippen molar-refractivity contribution in [3.8, 4) is 0 Å². The van der Waals surface area contributed by atoms with Crippen molar-refractivity contribution in [2.24, 2.45) is 11.8 Å². The topological polar surface area (TPSA) is 122 Å². The highest BCUT2D eigenvalue weighted by molar-refractivity contribution is 6.03. The van der Waals surface area contributed by atoms with Crippen LogP contribution < -0.4 is 10.6 Å². The lowest BCUT2D eigenvalue weighted by Gasteiger charge is -2.22. The summed E-state index contributed by atoms with van der Waals surface area (Å²) >= 11 is 0. The van der Waals surface area contributed by atoms with E-state index in [4.69, 9.17) is 0 Å². The second-order valence-corrected chi connectivity index (χ2v) is 7.95. The monoisotopic (exact) mass is 431 g/mol. The predicted octanol–water partition coefficient (Wildman–Crippen LogP) is 1.27. The third kappa shape index (κ3) is 6.91. The molecule has 1 aliphatic heterocycles. The van der Waals surface area contributed by atoms with E-state index in [1.165, 1.54) is 0 Å². The first-order chi connectivity index (χ1) is 14.7. The van der Waals surface area contributed by atoms with Crippen LogP contribution in [0.5, 0.6) is 0 Å². The number of hydrogen-bond donors (Lipinski definition) is 2. The molecular formula is C22H29N3O6. The Bertz CT molecular complexity index is 821. The van der Waals surface area contributed by atoms with Crippen LogP contribution in [-0.2, 0) is 35.3 Å². The van der Waals surface area contributed by atoms with Gasteiger partial charge in [-0.25, -0.2) is 0 Å². The van der Waals surface area contributed by atoms with Crippen LogP contribution >= 0.6 is 0 Å². The lowest BCUT2D eigenvalue weighted by Crippen LogP contribution is -2.47. The zero-order valence-electron chi connectivity index (χ0n) is 18.1. The van der Waals surface area contributed by atoms with Gasteiger partial charge in [-0.15, -0.1) is 0 Å². The van der Waals surface area contributed by atoms with Crippen molar-refractivity contribution in [1.82, 2.24) is 10.2 Å². The van der Waals surface area contributed by atoms with Crippen molar-refractivity contribution in [3.63, 3.8) is 0 Å². The van der Waals surface area contributed by atoms with Gasteiger partial charge < -0.3 is 15.4 Å². The van der Waals surface area contributed by atoms with Crippen molar-refractivity contribution in [2.75, 3.05) is 18.4 Å². The van der Waals surface area contributed by atoms with Crippen LogP contribution in [0, 0.1) is 11.8 Å². The number of hydrogen-bond acceptors (Lipinski definition) is 7. The molecule has 1 aromatic carbocycles. The third-order valence-corrected chi connectivity index (χ3v) is 5.10. The molecule has 2 rings (SSSR count). The van der Waals surface area contributed by atoms with Gasteiger partial charge in [-0.1, -0.05) is 32.9 Å². The summed E-state index contributed by atoms with van der Waals surface area (Å²) < 4.78 is 4.69. The largest absolute Gasteiger partial charge is 0.463 e. The summed E-state index contributed by atoms with van der Waals surface area (Å²) in [5, 5.41) is 5.74. The molecule has 0 spiro atoms. The van der Waals surface area contributed by atoms with Gasteiger partial charge in [-0.3, -0.25) is 28.9 Å². The maximum atomic E-state index is 12.7. The van der Waals surface area contributed by atoms with Crippen LogP contribution in [0.15, 0.2) is 24.3 Å². The number of Topliss-reactive ketones (excluding diaryl/α,β-unsaturated/α-hetero) is 1. The van der Waals surface area contributed by atoms with Crippen LogP contribution in [0.25, 0.3) is 0 Å². The van der Waals surface area contributed by atoms with Crippen molar-refractivity contribution in [1.29, 1.82) is 0 Å². The van der Waals surface area contributed by atoms with E-state index in [0.717, 1.165) is 16.2 Å². The van der Waals surface area contributed by atoms with Gasteiger partial charge in [0, 0.05) is 31.0 Å². The number of nitrogens with one attached hydrogen (secondary N) is 2. The first kappa shape index (κ1) is 24.0. The summed E-state index contributed by atoms with van der Waals surface area (Å²) in [6.45, 7) is 5.95. The molecule has 0 aromatic heterocycles. The number of imide groups is 1. The predicted molar refractivity (Wildman–Crippen MR) is 113 cm³/mol. The molecule has 0 radical (unpaired) electrons. The van der Waals surface area contributed by atoms with E-state index in [-0.39, 0.29) is 67.9 Å². The Morgan fingerprint density at radius 2 is 1.90 bits per heavy atom. The molecule has 0 saturated carbocycles. The van der Waals surface area contributed by atoms with E-state index in [2.05, 4.69) is 15.4 Å². The quantitative estimate of drug-likeness (QED) is 0.377. The molecule has 2 N–H and O–H groups in total. The van der Waals surface area contributed by atoms with Gasteiger partial charge in [0.05, 0.1) is 12.6 Å². The Kier molecular flexibility index (Phi) is 8.72. The molecule has 9 nitrogen and oxygen atoms in total. The molecule has 0 bridgehead atoms. The summed E-state index contributed by atoms with van der Waals surface area (Å²) in [4.78, 5) is 60.1. The van der Waals surface area contributed by atoms with Gasteiger partial charge in [0.2, 0.25) is 17.7 Å². The average molecular weight is 431 g/mol. The average Bonchev–Trinajstić information content (AvgIpc) is 2.98. The fourth-order valence-corrected chi connectivity index (χ4v) is 3.31. The van der Waals surface area contributed by atoms with Crippen molar-refractivity contribution in [2.45, 2.75) is 46.3 Å². The number of benzene rings is 1. The minimum absolute atomic E-state index is 0.0191. The second-order valence-electron chi connectivity index (χ2n) is 7.95. The molecular weight excluding hydrogens is 402 g/mol. The molecule has 3 amide bonds. The number of anilines is 1. The highest BCUT2D eigenvalue weighted by Gasteiger charge is 2.35. The Balaban J connectivity index is 1.84. The lowest BCUT2D eigenvalue weighted by molar-refractivity contribution is -0.140. The Hall–Kier alpha value is -3.23. The number of carbonyl (C=O) groups excluding carboxylic acids is 5. The Labute approximate surface area is 181 Å². The number of ether oxygens (including phenoxy) is 1. The van der Waals surface area contributed by atoms with E-state index in [0.29, 0.717) is 6.47 Å². The van der Waals surface area contributed by atoms with Gasteiger partial charge in [-0.2, -0.15) is 0 Å². The smallest absolute Gasteiger partial charge is 0.293 e. The fraction of sp³-hybridized carbons (Fsp3) is 0.500. The molecule has 1 aliphatic rings. The highest BCUT2D eigenvalue weighted by Crippen LogP contribution is 2.18. The normalized spacial score (nSPS) is 16.9. The summed E-state index contributed by atoms with van der Waals surface area (Å²) in [5.41, 5.74) is 1.54. The zero-order valence-corrected chi connectivity index (χ0v) is 18.1.